The van der Waals surface area contributed by atoms with Gasteiger partial charge in [0, 0.05) is 10.1 Å². The highest BCUT2D eigenvalue weighted by atomic mass is 32.2. The summed E-state index contributed by atoms with van der Waals surface area (Å²) in [6, 6.07) is 3.86. The van der Waals surface area contributed by atoms with E-state index >= 15 is 0 Å². The number of benzene rings is 1. The number of aliphatic hydroxyl groups excluding tert-OH is 1. The maximum absolute atomic E-state index is 9.27. The maximum atomic E-state index is 9.27. The fourth-order valence-electron chi connectivity index (χ4n) is 1.46. The van der Waals surface area contributed by atoms with E-state index in [-0.39, 0.29) is 6.61 Å². The Balaban J connectivity index is 3.15. The van der Waals surface area contributed by atoms with Gasteiger partial charge < -0.3 is 14.6 Å². The number of ether oxygens (including phenoxy) is 2. The first-order chi connectivity index (χ1) is 7.62. The highest BCUT2D eigenvalue weighted by molar-refractivity contribution is 7.99. The summed E-state index contributed by atoms with van der Waals surface area (Å²) in [5, 5.41) is 9.76. The third-order valence-corrected chi connectivity index (χ3v) is 3.09. The molecular formula is C12H18O3S. The third kappa shape index (κ3) is 3.06. The summed E-state index contributed by atoms with van der Waals surface area (Å²) in [7, 11) is 3.19. The fraction of sp³-hybridized carbons (Fsp3) is 0.500. The van der Waals surface area contributed by atoms with Crippen LogP contribution in [0.1, 0.15) is 19.4 Å². The molecule has 0 amide bonds. The molecular weight excluding hydrogens is 224 g/mol. The zero-order valence-electron chi connectivity index (χ0n) is 10.1. The van der Waals surface area contributed by atoms with E-state index in [1.807, 2.05) is 12.1 Å². The monoisotopic (exact) mass is 242 g/mol. The van der Waals surface area contributed by atoms with E-state index in [1.165, 1.54) is 0 Å². The van der Waals surface area contributed by atoms with Crippen LogP contribution in [0.15, 0.2) is 17.0 Å². The van der Waals surface area contributed by atoms with Crippen molar-refractivity contribution in [3.05, 3.63) is 17.7 Å². The van der Waals surface area contributed by atoms with Gasteiger partial charge >= 0.3 is 0 Å². The van der Waals surface area contributed by atoms with Gasteiger partial charge in [0.25, 0.3) is 0 Å². The van der Waals surface area contributed by atoms with Crippen LogP contribution < -0.4 is 9.47 Å². The summed E-state index contributed by atoms with van der Waals surface area (Å²) in [6.45, 7) is 4.17. The Morgan fingerprint density at radius 1 is 1.19 bits per heavy atom. The van der Waals surface area contributed by atoms with Gasteiger partial charge in [0.05, 0.1) is 26.4 Å². The number of aliphatic hydroxyl groups is 1. The van der Waals surface area contributed by atoms with Crippen molar-refractivity contribution >= 4 is 11.8 Å². The van der Waals surface area contributed by atoms with Crippen LogP contribution in [0, 0.1) is 0 Å². The molecule has 0 heterocycles. The molecule has 0 aliphatic rings. The molecule has 1 aromatic rings. The lowest BCUT2D eigenvalue weighted by atomic mass is 10.2. The highest BCUT2D eigenvalue weighted by Gasteiger charge is 2.12. The number of hydrogen-bond donors (Lipinski definition) is 1. The van der Waals surface area contributed by atoms with E-state index in [0.717, 1.165) is 4.90 Å². The van der Waals surface area contributed by atoms with Gasteiger partial charge in [-0.05, 0) is 12.1 Å². The Bertz CT molecular complexity index is 325. The topological polar surface area (TPSA) is 38.7 Å². The molecule has 0 aliphatic carbocycles. The van der Waals surface area contributed by atoms with Gasteiger partial charge in [0.2, 0.25) is 0 Å². The molecule has 0 saturated carbocycles. The van der Waals surface area contributed by atoms with Gasteiger partial charge in [-0.3, -0.25) is 0 Å². The SMILES string of the molecule is COc1cc(SC(C)C)cc(OC)c1CO. The standard InChI is InChI=1S/C12H18O3S/c1-8(2)16-9-5-11(14-3)10(7-13)12(6-9)15-4/h5-6,8,13H,7H2,1-4H3. The average molecular weight is 242 g/mol. The zero-order valence-corrected chi connectivity index (χ0v) is 10.9. The van der Waals surface area contributed by atoms with Crippen molar-refractivity contribution in [2.24, 2.45) is 0 Å². The van der Waals surface area contributed by atoms with Gasteiger partial charge in [0.1, 0.15) is 11.5 Å². The van der Waals surface area contributed by atoms with E-state index < -0.39 is 0 Å². The van der Waals surface area contributed by atoms with Crippen molar-refractivity contribution in [2.45, 2.75) is 30.6 Å². The van der Waals surface area contributed by atoms with Crippen molar-refractivity contribution in [3.63, 3.8) is 0 Å². The lowest BCUT2D eigenvalue weighted by Crippen LogP contribution is -1.98. The van der Waals surface area contributed by atoms with Crippen molar-refractivity contribution in [3.8, 4) is 11.5 Å². The van der Waals surface area contributed by atoms with Gasteiger partial charge in [-0.25, -0.2) is 0 Å². The van der Waals surface area contributed by atoms with Crippen molar-refractivity contribution in [1.82, 2.24) is 0 Å². The quantitative estimate of drug-likeness (QED) is 0.806. The van der Waals surface area contributed by atoms with E-state index in [9.17, 15) is 5.11 Å². The summed E-state index contributed by atoms with van der Waals surface area (Å²) in [5.74, 6) is 1.34. The lowest BCUT2D eigenvalue weighted by Gasteiger charge is -2.14. The molecule has 0 atom stereocenters. The molecule has 0 aliphatic heterocycles. The normalized spacial score (nSPS) is 10.6. The average Bonchev–Trinajstić information content (AvgIpc) is 2.26. The fourth-order valence-corrected chi connectivity index (χ4v) is 2.35. The van der Waals surface area contributed by atoms with Crippen LogP contribution in [0.25, 0.3) is 0 Å². The Kier molecular flexibility index (Phi) is 4.96. The molecule has 0 unspecified atom stereocenters. The first-order valence-corrected chi connectivity index (χ1v) is 6.02. The minimum Gasteiger partial charge on any atom is -0.496 e. The van der Waals surface area contributed by atoms with E-state index in [4.69, 9.17) is 9.47 Å². The van der Waals surface area contributed by atoms with E-state index in [1.54, 1.807) is 26.0 Å². The summed E-state index contributed by atoms with van der Waals surface area (Å²) in [5.41, 5.74) is 0.693. The molecule has 0 spiro atoms. The van der Waals surface area contributed by atoms with Crippen LogP contribution in [-0.2, 0) is 6.61 Å². The molecule has 90 valence electrons. The Morgan fingerprint density at radius 3 is 2.00 bits per heavy atom. The highest BCUT2D eigenvalue weighted by Crippen LogP contribution is 2.35. The second-order valence-electron chi connectivity index (χ2n) is 3.63. The maximum Gasteiger partial charge on any atom is 0.129 e. The van der Waals surface area contributed by atoms with Gasteiger partial charge in [-0.2, -0.15) is 0 Å². The first kappa shape index (κ1) is 13.2. The molecule has 1 N–H and O–H groups in total. The largest absolute Gasteiger partial charge is 0.496 e. The molecule has 0 aromatic heterocycles. The molecule has 3 nitrogen and oxygen atoms in total. The molecule has 1 aromatic carbocycles. The van der Waals surface area contributed by atoms with E-state index in [0.29, 0.717) is 22.3 Å². The van der Waals surface area contributed by atoms with Crippen molar-refractivity contribution < 1.29 is 14.6 Å². The summed E-state index contributed by atoms with van der Waals surface area (Å²) >= 11 is 1.74. The molecule has 0 bridgehead atoms. The number of rotatable bonds is 5. The predicted molar refractivity (Wildman–Crippen MR) is 66.5 cm³/mol. The van der Waals surface area contributed by atoms with Crippen molar-refractivity contribution in [1.29, 1.82) is 0 Å². The Hall–Kier alpha value is -0.870. The summed E-state index contributed by atoms with van der Waals surface area (Å²) in [4.78, 5) is 1.08. The first-order valence-electron chi connectivity index (χ1n) is 5.14. The third-order valence-electron chi connectivity index (χ3n) is 2.11. The number of thioether (sulfide) groups is 1. The molecule has 0 radical (unpaired) electrons. The molecule has 0 saturated heterocycles. The van der Waals surface area contributed by atoms with Crippen molar-refractivity contribution in [2.75, 3.05) is 14.2 Å². The molecule has 16 heavy (non-hydrogen) atoms. The summed E-state index contributed by atoms with van der Waals surface area (Å²) in [6.07, 6.45) is 0. The van der Waals surface area contributed by atoms with Crippen LogP contribution in [0.5, 0.6) is 11.5 Å². The van der Waals surface area contributed by atoms with Crippen LogP contribution in [0.4, 0.5) is 0 Å². The van der Waals surface area contributed by atoms with Crippen LogP contribution in [0.2, 0.25) is 0 Å². The smallest absolute Gasteiger partial charge is 0.129 e. The Morgan fingerprint density at radius 2 is 1.69 bits per heavy atom. The van der Waals surface area contributed by atoms with Gasteiger partial charge in [-0.15, -0.1) is 11.8 Å². The Labute approximate surface area is 101 Å². The van der Waals surface area contributed by atoms with Gasteiger partial charge in [-0.1, -0.05) is 13.8 Å². The number of methoxy groups -OCH3 is 2. The number of hydrogen-bond acceptors (Lipinski definition) is 4. The molecule has 4 heteroatoms. The minimum absolute atomic E-state index is 0.0844. The predicted octanol–water partition coefficient (Wildman–Crippen LogP) is 2.70. The molecule has 1 rings (SSSR count). The van der Waals surface area contributed by atoms with Crippen LogP contribution in [0.3, 0.4) is 0 Å². The van der Waals surface area contributed by atoms with Gasteiger partial charge in [0.15, 0.2) is 0 Å². The zero-order chi connectivity index (χ0) is 12.1. The minimum atomic E-state index is -0.0844. The summed E-state index contributed by atoms with van der Waals surface area (Å²) < 4.78 is 10.5. The lowest BCUT2D eigenvalue weighted by molar-refractivity contribution is 0.264. The van der Waals surface area contributed by atoms with Crippen LogP contribution >= 0.6 is 11.8 Å². The molecule has 0 fully saturated rings. The second-order valence-corrected chi connectivity index (χ2v) is 5.28. The van der Waals surface area contributed by atoms with Crippen LogP contribution in [-0.4, -0.2) is 24.6 Å². The van der Waals surface area contributed by atoms with E-state index in [2.05, 4.69) is 13.8 Å². The second kappa shape index (κ2) is 6.01.